The second-order valence-electron chi connectivity index (χ2n) is 5.60. The van der Waals surface area contributed by atoms with Crippen LogP contribution in [0.2, 0.25) is 0 Å². The monoisotopic (exact) mass is 324 g/mol. The van der Waals surface area contributed by atoms with E-state index in [1.807, 2.05) is 24.3 Å². The fraction of sp³-hybridized carbons (Fsp3) is 0.222. The zero-order valence-electron chi connectivity index (χ0n) is 12.9. The molecule has 1 N–H and O–H groups in total. The molecule has 0 saturated carbocycles. The molecule has 122 valence electrons. The van der Waals surface area contributed by atoms with E-state index in [0.717, 1.165) is 29.9 Å². The maximum absolute atomic E-state index is 9.33. The summed E-state index contributed by atoms with van der Waals surface area (Å²) in [5.74, 6) is 1.92. The molecule has 0 radical (unpaired) electrons. The number of phenolic OH excluding ortho intramolecular Hbond substituents is 1. The molecule has 2 aromatic carbocycles. The van der Waals surface area contributed by atoms with Gasteiger partial charge in [-0.3, -0.25) is 0 Å². The SMILES string of the molecule is Oc1ccc(-c2nc(-c3ccc(OC4CCOC4)cc3)no2)cc1. The third kappa shape index (κ3) is 3.09. The van der Waals surface area contributed by atoms with Gasteiger partial charge in [0, 0.05) is 17.5 Å². The van der Waals surface area contributed by atoms with Gasteiger partial charge in [0.1, 0.15) is 17.6 Å². The topological polar surface area (TPSA) is 77.6 Å². The zero-order valence-corrected chi connectivity index (χ0v) is 12.9. The van der Waals surface area contributed by atoms with E-state index in [9.17, 15) is 5.11 Å². The van der Waals surface area contributed by atoms with Crippen molar-refractivity contribution >= 4 is 0 Å². The quantitative estimate of drug-likeness (QED) is 0.793. The van der Waals surface area contributed by atoms with E-state index in [4.69, 9.17) is 14.0 Å². The Morgan fingerprint density at radius 1 is 1.00 bits per heavy atom. The Bertz CT molecular complexity index is 806. The van der Waals surface area contributed by atoms with Gasteiger partial charge in [0.25, 0.3) is 5.89 Å². The molecular weight excluding hydrogens is 308 g/mol. The Balaban J connectivity index is 1.50. The number of hydrogen-bond acceptors (Lipinski definition) is 6. The van der Waals surface area contributed by atoms with Crippen LogP contribution in [0.5, 0.6) is 11.5 Å². The Labute approximate surface area is 138 Å². The average molecular weight is 324 g/mol. The Kier molecular flexibility index (Phi) is 3.88. The maximum atomic E-state index is 9.33. The Morgan fingerprint density at radius 2 is 1.75 bits per heavy atom. The van der Waals surface area contributed by atoms with E-state index >= 15 is 0 Å². The molecular formula is C18H16N2O4. The predicted octanol–water partition coefficient (Wildman–Crippen LogP) is 3.28. The highest BCUT2D eigenvalue weighted by Crippen LogP contribution is 2.25. The van der Waals surface area contributed by atoms with Crippen LogP contribution < -0.4 is 4.74 Å². The Morgan fingerprint density at radius 3 is 2.46 bits per heavy atom. The molecule has 2 heterocycles. The fourth-order valence-electron chi connectivity index (χ4n) is 2.54. The van der Waals surface area contributed by atoms with Gasteiger partial charge in [0.15, 0.2) is 0 Å². The normalized spacial score (nSPS) is 17.1. The molecule has 6 heteroatoms. The summed E-state index contributed by atoms with van der Waals surface area (Å²) in [6, 6.07) is 14.2. The molecule has 1 unspecified atom stereocenters. The van der Waals surface area contributed by atoms with Crippen LogP contribution in [0.15, 0.2) is 53.1 Å². The molecule has 1 atom stereocenters. The molecule has 6 nitrogen and oxygen atoms in total. The van der Waals surface area contributed by atoms with Gasteiger partial charge in [0.05, 0.1) is 13.2 Å². The van der Waals surface area contributed by atoms with Crippen LogP contribution in [-0.4, -0.2) is 34.6 Å². The lowest BCUT2D eigenvalue weighted by Crippen LogP contribution is -2.15. The molecule has 24 heavy (non-hydrogen) atoms. The first-order chi connectivity index (χ1) is 11.8. The van der Waals surface area contributed by atoms with Crippen LogP contribution in [0, 0.1) is 0 Å². The number of hydrogen-bond donors (Lipinski definition) is 1. The van der Waals surface area contributed by atoms with Crippen LogP contribution in [0.1, 0.15) is 6.42 Å². The summed E-state index contributed by atoms with van der Waals surface area (Å²) in [4.78, 5) is 4.39. The maximum Gasteiger partial charge on any atom is 0.258 e. The number of ether oxygens (including phenoxy) is 2. The molecule has 0 aliphatic carbocycles. The minimum Gasteiger partial charge on any atom is -0.508 e. The summed E-state index contributed by atoms with van der Waals surface area (Å²) in [6.07, 6.45) is 1.05. The lowest BCUT2D eigenvalue weighted by molar-refractivity contribution is 0.141. The first-order valence-electron chi connectivity index (χ1n) is 7.76. The highest BCUT2D eigenvalue weighted by molar-refractivity contribution is 5.60. The fourth-order valence-corrected chi connectivity index (χ4v) is 2.54. The number of rotatable bonds is 4. The third-order valence-electron chi connectivity index (χ3n) is 3.84. The summed E-state index contributed by atoms with van der Waals surface area (Å²) in [6.45, 7) is 1.40. The number of aromatic nitrogens is 2. The van der Waals surface area contributed by atoms with Gasteiger partial charge in [-0.1, -0.05) is 5.16 Å². The second kappa shape index (κ2) is 6.33. The lowest BCUT2D eigenvalue weighted by Gasteiger charge is -2.11. The summed E-state index contributed by atoms with van der Waals surface area (Å²) >= 11 is 0. The largest absolute Gasteiger partial charge is 0.508 e. The van der Waals surface area contributed by atoms with E-state index < -0.39 is 0 Å². The molecule has 0 spiro atoms. The first-order valence-corrected chi connectivity index (χ1v) is 7.76. The molecule has 4 rings (SSSR count). The van der Waals surface area contributed by atoms with Gasteiger partial charge in [-0.2, -0.15) is 4.98 Å². The molecule has 1 aromatic heterocycles. The van der Waals surface area contributed by atoms with Crippen molar-refractivity contribution in [3.8, 4) is 34.3 Å². The van der Waals surface area contributed by atoms with Crippen molar-refractivity contribution in [2.45, 2.75) is 12.5 Å². The van der Waals surface area contributed by atoms with Crippen molar-refractivity contribution in [2.75, 3.05) is 13.2 Å². The van der Waals surface area contributed by atoms with Crippen molar-refractivity contribution in [1.82, 2.24) is 10.1 Å². The second-order valence-corrected chi connectivity index (χ2v) is 5.60. The number of nitrogens with zero attached hydrogens (tertiary/aromatic N) is 2. The molecule has 1 aliphatic rings. The molecule has 1 fully saturated rings. The smallest absolute Gasteiger partial charge is 0.258 e. The number of benzene rings is 2. The van der Waals surface area contributed by atoms with Crippen molar-refractivity contribution in [3.63, 3.8) is 0 Å². The molecule has 1 saturated heterocycles. The average Bonchev–Trinajstić information content (AvgIpc) is 3.28. The van der Waals surface area contributed by atoms with E-state index in [1.165, 1.54) is 0 Å². The van der Waals surface area contributed by atoms with E-state index in [1.54, 1.807) is 24.3 Å². The summed E-state index contributed by atoms with van der Waals surface area (Å²) in [5.41, 5.74) is 1.60. The van der Waals surface area contributed by atoms with Crippen LogP contribution >= 0.6 is 0 Å². The molecule has 3 aromatic rings. The van der Waals surface area contributed by atoms with E-state index in [0.29, 0.717) is 18.3 Å². The van der Waals surface area contributed by atoms with Crippen LogP contribution in [0.3, 0.4) is 0 Å². The highest BCUT2D eigenvalue weighted by atomic mass is 16.5. The van der Waals surface area contributed by atoms with Crippen LogP contribution in [0.25, 0.3) is 22.8 Å². The molecule has 1 aliphatic heterocycles. The van der Waals surface area contributed by atoms with Gasteiger partial charge < -0.3 is 19.1 Å². The minimum atomic E-state index is 0.127. The van der Waals surface area contributed by atoms with Crippen molar-refractivity contribution < 1.29 is 19.1 Å². The van der Waals surface area contributed by atoms with E-state index in [2.05, 4.69) is 10.1 Å². The van der Waals surface area contributed by atoms with Crippen LogP contribution in [0.4, 0.5) is 0 Å². The summed E-state index contributed by atoms with van der Waals surface area (Å²) < 4.78 is 16.4. The van der Waals surface area contributed by atoms with Crippen molar-refractivity contribution in [2.24, 2.45) is 0 Å². The van der Waals surface area contributed by atoms with Gasteiger partial charge in [-0.25, -0.2) is 0 Å². The highest BCUT2D eigenvalue weighted by Gasteiger charge is 2.17. The first kappa shape index (κ1) is 14.7. The minimum absolute atomic E-state index is 0.127. The van der Waals surface area contributed by atoms with Crippen LogP contribution in [-0.2, 0) is 4.74 Å². The predicted molar refractivity (Wildman–Crippen MR) is 86.7 cm³/mol. The standard InChI is InChI=1S/C18H16N2O4/c21-14-5-1-13(2-6-14)18-19-17(20-24-18)12-3-7-15(8-4-12)23-16-9-10-22-11-16/h1-8,16,21H,9-11H2. The molecule has 0 bridgehead atoms. The van der Waals surface area contributed by atoms with Crippen molar-refractivity contribution in [1.29, 1.82) is 0 Å². The van der Waals surface area contributed by atoms with Gasteiger partial charge in [0.2, 0.25) is 5.82 Å². The van der Waals surface area contributed by atoms with Gasteiger partial charge in [-0.15, -0.1) is 0 Å². The van der Waals surface area contributed by atoms with Gasteiger partial charge >= 0.3 is 0 Å². The number of aromatic hydroxyl groups is 1. The van der Waals surface area contributed by atoms with Gasteiger partial charge in [-0.05, 0) is 48.5 Å². The van der Waals surface area contributed by atoms with E-state index in [-0.39, 0.29) is 11.9 Å². The number of phenols is 1. The summed E-state index contributed by atoms with van der Waals surface area (Å²) in [7, 11) is 0. The zero-order chi connectivity index (χ0) is 16.4. The van der Waals surface area contributed by atoms with Crippen molar-refractivity contribution in [3.05, 3.63) is 48.5 Å². The Hall–Kier alpha value is -2.86. The lowest BCUT2D eigenvalue weighted by atomic mass is 10.2. The molecule has 0 amide bonds. The summed E-state index contributed by atoms with van der Waals surface area (Å²) in [5, 5.41) is 13.3. The third-order valence-corrected chi connectivity index (χ3v) is 3.84.